The number of nitrogens with one attached hydrogen (secondary N) is 1. The zero-order valence-electron chi connectivity index (χ0n) is 17.5. The van der Waals surface area contributed by atoms with Crippen molar-refractivity contribution >= 4 is 61.8 Å². The van der Waals surface area contributed by atoms with Crippen molar-refractivity contribution in [2.75, 3.05) is 5.75 Å². The highest BCUT2D eigenvalue weighted by Crippen LogP contribution is 2.22. The highest BCUT2D eigenvalue weighted by Gasteiger charge is 2.15. The van der Waals surface area contributed by atoms with Crippen molar-refractivity contribution in [3.63, 3.8) is 0 Å². The van der Waals surface area contributed by atoms with Crippen LogP contribution in [-0.2, 0) is 4.79 Å². The fourth-order valence-electron chi connectivity index (χ4n) is 3.15. The Kier molecular flexibility index (Phi) is 7.27. The van der Waals surface area contributed by atoms with Crippen LogP contribution < -0.4 is 11.0 Å². The molecule has 0 radical (unpaired) electrons. The highest BCUT2D eigenvalue weighted by molar-refractivity contribution is 9.10. The number of aromatic nitrogens is 2. The van der Waals surface area contributed by atoms with Gasteiger partial charge in [-0.2, -0.15) is 5.10 Å². The van der Waals surface area contributed by atoms with E-state index in [2.05, 4.69) is 31.4 Å². The first-order valence-electron chi connectivity index (χ1n) is 9.92. The standard InChI is InChI=1S/C24H18BrClN4O2S/c1-15(18-6-2-4-8-20(18)26)28-29-22(31)14-33-24-27-21-9-5-3-7-19(21)23(32)30(24)17-12-10-16(25)11-13-17/h2-13H,14H2,1H3,(H,29,31)/b28-15-. The summed E-state index contributed by atoms with van der Waals surface area (Å²) >= 11 is 10.8. The second kappa shape index (κ2) is 10.3. The summed E-state index contributed by atoms with van der Waals surface area (Å²) in [6, 6.07) is 21.8. The number of amides is 1. The van der Waals surface area contributed by atoms with E-state index in [1.807, 2.05) is 48.5 Å². The summed E-state index contributed by atoms with van der Waals surface area (Å²) in [7, 11) is 0. The molecule has 0 atom stereocenters. The Morgan fingerprint density at radius 1 is 1.09 bits per heavy atom. The first-order valence-corrected chi connectivity index (χ1v) is 12.1. The van der Waals surface area contributed by atoms with Crippen LogP contribution in [0, 0.1) is 0 Å². The van der Waals surface area contributed by atoms with Crippen LogP contribution in [0.4, 0.5) is 0 Å². The van der Waals surface area contributed by atoms with Gasteiger partial charge in [-0.1, -0.05) is 69.6 Å². The van der Waals surface area contributed by atoms with E-state index in [-0.39, 0.29) is 17.2 Å². The maximum atomic E-state index is 13.2. The van der Waals surface area contributed by atoms with Crippen molar-refractivity contribution in [3.05, 3.63) is 98.2 Å². The normalized spacial score (nSPS) is 11.5. The molecule has 6 nitrogen and oxygen atoms in total. The third-order valence-electron chi connectivity index (χ3n) is 4.77. The van der Waals surface area contributed by atoms with E-state index < -0.39 is 0 Å². The molecule has 0 fully saturated rings. The third-order valence-corrected chi connectivity index (χ3v) is 6.57. The fourth-order valence-corrected chi connectivity index (χ4v) is 4.49. The van der Waals surface area contributed by atoms with Crippen molar-refractivity contribution in [3.8, 4) is 5.69 Å². The molecule has 33 heavy (non-hydrogen) atoms. The van der Waals surface area contributed by atoms with E-state index in [4.69, 9.17) is 11.6 Å². The van der Waals surface area contributed by atoms with Crippen LogP contribution >= 0.6 is 39.3 Å². The Balaban J connectivity index is 1.59. The number of benzene rings is 3. The van der Waals surface area contributed by atoms with E-state index in [0.29, 0.717) is 32.5 Å². The summed E-state index contributed by atoms with van der Waals surface area (Å²) in [6.45, 7) is 1.77. The number of carbonyl (C=O) groups is 1. The minimum absolute atomic E-state index is 0.0284. The van der Waals surface area contributed by atoms with E-state index in [9.17, 15) is 9.59 Å². The number of hydrogen-bond donors (Lipinski definition) is 1. The van der Waals surface area contributed by atoms with Crippen LogP contribution in [0.15, 0.2) is 92.3 Å². The summed E-state index contributed by atoms with van der Waals surface area (Å²) in [4.78, 5) is 30.4. The molecule has 0 aliphatic rings. The summed E-state index contributed by atoms with van der Waals surface area (Å²) in [5.41, 5.74) is 4.92. The van der Waals surface area contributed by atoms with Gasteiger partial charge in [0.25, 0.3) is 11.5 Å². The van der Waals surface area contributed by atoms with Gasteiger partial charge in [0, 0.05) is 15.1 Å². The van der Waals surface area contributed by atoms with Gasteiger partial charge in [0.2, 0.25) is 0 Å². The Labute approximate surface area is 207 Å². The Morgan fingerprint density at radius 2 is 1.79 bits per heavy atom. The van der Waals surface area contributed by atoms with E-state index >= 15 is 0 Å². The highest BCUT2D eigenvalue weighted by atomic mass is 79.9. The second-order valence-electron chi connectivity index (χ2n) is 7.03. The van der Waals surface area contributed by atoms with Crippen molar-refractivity contribution < 1.29 is 4.79 Å². The molecule has 0 spiro atoms. The number of thioether (sulfide) groups is 1. The number of fused-ring (bicyclic) bond motifs is 1. The number of hydrazone groups is 1. The van der Waals surface area contributed by atoms with Crippen LogP contribution in [0.2, 0.25) is 5.02 Å². The molecule has 4 aromatic rings. The molecule has 3 aromatic carbocycles. The minimum Gasteiger partial charge on any atom is -0.272 e. The summed E-state index contributed by atoms with van der Waals surface area (Å²) in [6.07, 6.45) is 0. The molecule has 1 aromatic heterocycles. The molecule has 166 valence electrons. The lowest BCUT2D eigenvalue weighted by atomic mass is 10.1. The Hall–Kier alpha value is -2.94. The molecule has 1 amide bonds. The topological polar surface area (TPSA) is 76.3 Å². The SMILES string of the molecule is C/C(=N/NC(=O)CSc1nc2ccccc2c(=O)n1-c1ccc(Br)cc1)c1ccccc1Cl. The predicted octanol–water partition coefficient (Wildman–Crippen LogP) is 5.43. The smallest absolute Gasteiger partial charge is 0.266 e. The molecule has 0 bridgehead atoms. The molecule has 9 heteroatoms. The summed E-state index contributed by atoms with van der Waals surface area (Å²) in [5.74, 6) is -0.295. The number of halogens is 2. The molecular formula is C24H18BrClN4O2S. The molecule has 4 rings (SSSR count). The Bertz CT molecular complexity index is 1420. The monoisotopic (exact) mass is 540 g/mol. The lowest BCUT2D eigenvalue weighted by molar-refractivity contribution is -0.118. The van der Waals surface area contributed by atoms with Crippen LogP contribution in [0.3, 0.4) is 0 Å². The van der Waals surface area contributed by atoms with Crippen molar-refractivity contribution in [2.45, 2.75) is 12.1 Å². The molecule has 1 N–H and O–H groups in total. The van der Waals surface area contributed by atoms with Gasteiger partial charge >= 0.3 is 0 Å². The van der Waals surface area contributed by atoms with E-state index in [0.717, 1.165) is 10.0 Å². The molecule has 0 unspecified atom stereocenters. The van der Waals surface area contributed by atoms with Crippen molar-refractivity contribution in [1.29, 1.82) is 0 Å². The maximum absolute atomic E-state index is 13.2. The van der Waals surface area contributed by atoms with Crippen LogP contribution in [-0.4, -0.2) is 26.9 Å². The van der Waals surface area contributed by atoms with Gasteiger partial charge in [0.05, 0.1) is 28.1 Å². The first-order chi connectivity index (χ1) is 15.9. The molecule has 0 saturated carbocycles. The minimum atomic E-state index is -0.323. The molecule has 1 heterocycles. The number of para-hydroxylation sites is 1. The number of carbonyl (C=O) groups excluding carboxylic acids is 1. The van der Waals surface area contributed by atoms with Crippen LogP contribution in [0.25, 0.3) is 16.6 Å². The van der Waals surface area contributed by atoms with E-state index in [1.54, 1.807) is 31.2 Å². The quantitative estimate of drug-likeness (QED) is 0.153. The van der Waals surface area contributed by atoms with Gasteiger partial charge in [-0.25, -0.2) is 10.4 Å². The third kappa shape index (κ3) is 5.35. The molecule has 0 aliphatic carbocycles. The number of hydrogen-bond acceptors (Lipinski definition) is 5. The Morgan fingerprint density at radius 3 is 2.55 bits per heavy atom. The van der Waals surface area contributed by atoms with Crippen molar-refractivity contribution in [2.24, 2.45) is 5.10 Å². The lowest BCUT2D eigenvalue weighted by Gasteiger charge is -2.13. The molecule has 0 aliphatic heterocycles. The average Bonchev–Trinajstić information content (AvgIpc) is 2.82. The zero-order valence-corrected chi connectivity index (χ0v) is 20.6. The van der Waals surface area contributed by atoms with Crippen LogP contribution in [0.1, 0.15) is 12.5 Å². The molecular weight excluding hydrogens is 524 g/mol. The maximum Gasteiger partial charge on any atom is 0.266 e. The zero-order chi connectivity index (χ0) is 23.4. The van der Waals surface area contributed by atoms with Crippen molar-refractivity contribution in [1.82, 2.24) is 15.0 Å². The first kappa shape index (κ1) is 23.2. The van der Waals surface area contributed by atoms with Gasteiger partial charge in [-0.15, -0.1) is 0 Å². The average molecular weight is 542 g/mol. The number of rotatable bonds is 6. The van der Waals surface area contributed by atoms with Gasteiger partial charge in [0.1, 0.15) is 0 Å². The van der Waals surface area contributed by atoms with E-state index in [1.165, 1.54) is 16.3 Å². The fraction of sp³-hybridized carbons (Fsp3) is 0.0833. The lowest BCUT2D eigenvalue weighted by Crippen LogP contribution is -2.24. The summed E-state index contributed by atoms with van der Waals surface area (Å²) < 4.78 is 2.42. The van der Waals surface area contributed by atoms with Gasteiger partial charge in [-0.3, -0.25) is 14.2 Å². The summed E-state index contributed by atoms with van der Waals surface area (Å²) in [5, 5.41) is 5.64. The van der Waals surface area contributed by atoms with Gasteiger partial charge in [-0.05, 0) is 49.4 Å². The van der Waals surface area contributed by atoms with Gasteiger partial charge in [0.15, 0.2) is 5.16 Å². The number of nitrogens with zero attached hydrogens (tertiary/aromatic N) is 3. The molecule has 0 saturated heterocycles. The predicted molar refractivity (Wildman–Crippen MR) is 138 cm³/mol. The second-order valence-corrected chi connectivity index (χ2v) is 9.29. The van der Waals surface area contributed by atoms with Gasteiger partial charge < -0.3 is 0 Å². The van der Waals surface area contributed by atoms with Crippen LogP contribution in [0.5, 0.6) is 0 Å². The largest absolute Gasteiger partial charge is 0.272 e.